The quantitative estimate of drug-likeness (QED) is 0.569. The fourth-order valence-electron chi connectivity index (χ4n) is 3.23. The fraction of sp³-hybridized carbons (Fsp3) is 0.600. The number of hydrogen-bond donors (Lipinski definition) is 0. The van der Waals surface area contributed by atoms with Crippen molar-refractivity contribution in [2.45, 2.75) is 56.7 Å². The topological polar surface area (TPSA) is 0 Å². The van der Waals surface area contributed by atoms with Gasteiger partial charge in [0.15, 0.2) is 0 Å². The molecule has 2 aliphatic rings. The molecular formula is C15H19Cl. The zero-order valence-corrected chi connectivity index (χ0v) is 10.7. The Bertz CT molecular complexity index is 369. The van der Waals surface area contributed by atoms with E-state index in [0.29, 0.717) is 5.92 Å². The number of aryl methyl sites for hydroxylation is 2. The molecule has 1 heteroatoms. The van der Waals surface area contributed by atoms with E-state index in [1.54, 1.807) is 11.1 Å². The van der Waals surface area contributed by atoms with Crippen molar-refractivity contribution < 1.29 is 0 Å². The van der Waals surface area contributed by atoms with Crippen molar-refractivity contribution in [1.29, 1.82) is 0 Å². The van der Waals surface area contributed by atoms with Crippen LogP contribution in [0.5, 0.6) is 0 Å². The van der Waals surface area contributed by atoms with Crippen molar-refractivity contribution in [2.75, 3.05) is 0 Å². The maximum absolute atomic E-state index is 6.45. The molecule has 16 heavy (non-hydrogen) atoms. The maximum Gasteiger partial charge on any atom is 0.0588 e. The van der Waals surface area contributed by atoms with Crippen molar-refractivity contribution in [3.05, 3.63) is 34.4 Å². The molecule has 1 aromatic carbocycles. The van der Waals surface area contributed by atoms with E-state index in [0.717, 1.165) is 6.42 Å². The van der Waals surface area contributed by atoms with Gasteiger partial charge in [0, 0.05) is 0 Å². The lowest BCUT2D eigenvalue weighted by molar-refractivity contribution is 0.573. The zero-order chi connectivity index (χ0) is 11.1. The molecular weight excluding hydrogens is 216 g/mol. The highest BCUT2D eigenvalue weighted by Gasteiger charge is 2.25. The summed E-state index contributed by atoms with van der Waals surface area (Å²) < 4.78 is 0. The first-order chi connectivity index (χ1) is 7.75. The Labute approximate surface area is 103 Å². The molecule has 0 heterocycles. The molecule has 0 aliphatic heterocycles. The smallest absolute Gasteiger partial charge is 0.0588 e. The van der Waals surface area contributed by atoms with Crippen LogP contribution in [-0.2, 0) is 12.8 Å². The van der Waals surface area contributed by atoms with Crippen molar-refractivity contribution in [2.24, 2.45) is 0 Å². The van der Waals surface area contributed by atoms with Gasteiger partial charge in [0.1, 0.15) is 0 Å². The fourth-order valence-corrected chi connectivity index (χ4v) is 3.54. The Balaban J connectivity index is 2.11. The third-order valence-electron chi connectivity index (χ3n) is 4.27. The molecule has 0 bridgehead atoms. The van der Waals surface area contributed by atoms with E-state index in [1.807, 2.05) is 0 Å². The summed E-state index contributed by atoms with van der Waals surface area (Å²) in [5.74, 6) is 0.706. The minimum Gasteiger partial charge on any atom is -0.118 e. The molecule has 0 amide bonds. The zero-order valence-electron chi connectivity index (χ0n) is 9.93. The van der Waals surface area contributed by atoms with Crippen LogP contribution in [0, 0.1) is 0 Å². The number of hydrogen-bond acceptors (Lipinski definition) is 0. The molecule has 3 rings (SSSR count). The average molecular weight is 235 g/mol. The van der Waals surface area contributed by atoms with Gasteiger partial charge in [-0.15, -0.1) is 11.6 Å². The van der Waals surface area contributed by atoms with Gasteiger partial charge in [-0.2, -0.15) is 0 Å². The van der Waals surface area contributed by atoms with Gasteiger partial charge in [0.25, 0.3) is 0 Å². The number of alkyl halides is 1. The first-order valence-electron chi connectivity index (χ1n) is 6.55. The monoisotopic (exact) mass is 234 g/mol. The molecule has 2 aliphatic carbocycles. The van der Waals surface area contributed by atoms with Gasteiger partial charge >= 0.3 is 0 Å². The number of halogens is 1. The molecule has 1 aromatic rings. The molecule has 0 aromatic heterocycles. The molecule has 0 saturated heterocycles. The van der Waals surface area contributed by atoms with Gasteiger partial charge in [-0.1, -0.05) is 19.1 Å². The highest BCUT2D eigenvalue weighted by molar-refractivity contribution is 6.21. The molecule has 0 N–H and O–H groups in total. The second-order valence-corrected chi connectivity index (χ2v) is 5.93. The third-order valence-corrected chi connectivity index (χ3v) is 4.72. The molecule has 0 fully saturated rings. The van der Waals surface area contributed by atoms with E-state index in [-0.39, 0.29) is 5.38 Å². The van der Waals surface area contributed by atoms with Crippen LogP contribution in [0.3, 0.4) is 0 Å². The van der Waals surface area contributed by atoms with Gasteiger partial charge < -0.3 is 0 Å². The third kappa shape index (κ3) is 1.68. The van der Waals surface area contributed by atoms with Gasteiger partial charge in [-0.05, 0) is 66.7 Å². The Morgan fingerprint density at radius 2 is 1.62 bits per heavy atom. The number of fused-ring (bicyclic) bond motifs is 2. The molecule has 2 unspecified atom stereocenters. The van der Waals surface area contributed by atoms with Gasteiger partial charge in [0.2, 0.25) is 0 Å². The Morgan fingerprint density at radius 1 is 1.00 bits per heavy atom. The van der Waals surface area contributed by atoms with Crippen LogP contribution < -0.4 is 0 Å². The van der Waals surface area contributed by atoms with Crippen LogP contribution in [0.15, 0.2) is 12.1 Å². The Kier molecular flexibility index (Phi) is 2.71. The maximum atomic E-state index is 6.45. The summed E-state index contributed by atoms with van der Waals surface area (Å²) >= 11 is 6.45. The van der Waals surface area contributed by atoms with Crippen LogP contribution in [0.4, 0.5) is 0 Å². The molecule has 0 nitrogen and oxygen atoms in total. The van der Waals surface area contributed by atoms with Gasteiger partial charge in [0.05, 0.1) is 5.38 Å². The lowest BCUT2D eigenvalue weighted by Crippen LogP contribution is -2.13. The van der Waals surface area contributed by atoms with Crippen molar-refractivity contribution in [3.8, 4) is 0 Å². The predicted octanol–water partition coefficient (Wildman–Crippen LogP) is 4.74. The predicted molar refractivity (Wildman–Crippen MR) is 69.3 cm³/mol. The summed E-state index contributed by atoms with van der Waals surface area (Å²) in [7, 11) is 0. The molecule has 86 valence electrons. The first-order valence-corrected chi connectivity index (χ1v) is 6.99. The summed E-state index contributed by atoms with van der Waals surface area (Å²) in [6.45, 7) is 2.34. The minimum atomic E-state index is 0.262. The Hall–Kier alpha value is -0.490. The van der Waals surface area contributed by atoms with Gasteiger partial charge in [-0.3, -0.25) is 0 Å². The first kappa shape index (κ1) is 10.7. The van der Waals surface area contributed by atoms with E-state index in [9.17, 15) is 0 Å². The average Bonchev–Trinajstić information content (AvgIpc) is 2.32. The minimum absolute atomic E-state index is 0.262. The van der Waals surface area contributed by atoms with Crippen LogP contribution in [0.1, 0.15) is 66.2 Å². The highest BCUT2D eigenvalue weighted by Crippen LogP contribution is 2.42. The molecule has 0 radical (unpaired) electrons. The molecule has 0 spiro atoms. The lowest BCUT2D eigenvalue weighted by atomic mass is 9.79. The van der Waals surface area contributed by atoms with E-state index >= 15 is 0 Å². The van der Waals surface area contributed by atoms with Crippen LogP contribution in [0.25, 0.3) is 0 Å². The van der Waals surface area contributed by atoms with E-state index in [2.05, 4.69) is 19.1 Å². The summed E-state index contributed by atoms with van der Waals surface area (Å²) in [6, 6.07) is 4.88. The normalized spacial score (nSPS) is 28.4. The largest absolute Gasteiger partial charge is 0.118 e. The molecule has 2 atom stereocenters. The van der Waals surface area contributed by atoms with E-state index in [1.165, 1.54) is 43.2 Å². The summed E-state index contributed by atoms with van der Waals surface area (Å²) in [5.41, 5.74) is 6.14. The van der Waals surface area contributed by atoms with Crippen LogP contribution in [-0.4, -0.2) is 0 Å². The van der Waals surface area contributed by atoms with E-state index in [4.69, 9.17) is 11.6 Å². The second-order valence-electron chi connectivity index (χ2n) is 5.40. The summed E-state index contributed by atoms with van der Waals surface area (Å²) in [4.78, 5) is 0. The number of benzene rings is 1. The van der Waals surface area contributed by atoms with E-state index < -0.39 is 0 Å². The second kappa shape index (κ2) is 4.07. The standard InChI is InChI=1S/C15H19Cl/c1-10-6-7-15(16)14-9-12-5-3-2-4-11(12)8-13(10)14/h8-10,15H,2-7H2,1H3. The Morgan fingerprint density at radius 3 is 2.31 bits per heavy atom. The SMILES string of the molecule is CC1CCC(Cl)c2cc3c(cc21)CCCC3. The van der Waals surface area contributed by atoms with Crippen molar-refractivity contribution in [1.82, 2.24) is 0 Å². The highest BCUT2D eigenvalue weighted by atomic mass is 35.5. The summed E-state index contributed by atoms with van der Waals surface area (Å²) in [6.07, 6.45) is 7.66. The van der Waals surface area contributed by atoms with Crippen LogP contribution >= 0.6 is 11.6 Å². The van der Waals surface area contributed by atoms with Crippen LogP contribution in [0.2, 0.25) is 0 Å². The van der Waals surface area contributed by atoms with Gasteiger partial charge in [-0.25, -0.2) is 0 Å². The van der Waals surface area contributed by atoms with Crippen molar-refractivity contribution >= 4 is 11.6 Å². The number of rotatable bonds is 0. The van der Waals surface area contributed by atoms with Crippen molar-refractivity contribution in [3.63, 3.8) is 0 Å². The summed E-state index contributed by atoms with van der Waals surface area (Å²) in [5, 5.41) is 0.262. The molecule has 0 saturated carbocycles. The lowest BCUT2D eigenvalue weighted by Gasteiger charge is -2.29.